The van der Waals surface area contributed by atoms with Gasteiger partial charge in [0.1, 0.15) is 0 Å². The minimum atomic E-state index is 0.759. The molecule has 0 spiro atoms. The Morgan fingerprint density at radius 1 is 0.684 bits per heavy atom. The lowest BCUT2D eigenvalue weighted by molar-refractivity contribution is 0.134. The number of benzene rings is 3. The van der Waals surface area contributed by atoms with Gasteiger partial charge in [-0.2, -0.15) is 0 Å². The van der Waals surface area contributed by atoms with Gasteiger partial charge in [-0.25, -0.2) is 0 Å². The molecule has 19 heavy (non-hydrogen) atoms. The van der Waals surface area contributed by atoms with Gasteiger partial charge in [-0.15, -0.1) is 0 Å². The maximum atomic E-state index is 5.55. The summed E-state index contributed by atoms with van der Waals surface area (Å²) in [6.45, 7) is 1.52. The number of rotatable bonds is 0. The van der Waals surface area contributed by atoms with Gasteiger partial charge in [0.05, 0.1) is 13.2 Å². The van der Waals surface area contributed by atoms with E-state index in [1.165, 1.54) is 44.2 Å². The van der Waals surface area contributed by atoms with Gasteiger partial charge in [0.15, 0.2) is 0 Å². The summed E-state index contributed by atoms with van der Waals surface area (Å²) in [5.41, 5.74) is 8.19. The van der Waals surface area contributed by atoms with Crippen molar-refractivity contribution in [2.75, 3.05) is 0 Å². The van der Waals surface area contributed by atoms with Gasteiger partial charge in [0.2, 0.25) is 0 Å². The lowest BCUT2D eigenvalue weighted by Gasteiger charge is -2.05. The summed E-state index contributed by atoms with van der Waals surface area (Å²) in [6, 6.07) is 17.8. The van der Waals surface area contributed by atoms with Crippen molar-refractivity contribution in [3.63, 3.8) is 0 Å². The standard InChI is InChI=1S/C18H12O/c1-3-11-4-2-6-15-17-8-13-10-19-9-12(13)7-16(17)14(5-1)18(11)15/h1-8H,9-10H2. The quantitative estimate of drug-likeness (QED) is 0.442. The van der Waals surface area contributed by atoms with Gasteiger partial charge in [0, 0.05) is 0 Å². The summed E-state index contributed by atoms with van der Waals surface area (Å²) in [5, 5.41) is 2.74. The van der Waals surface area contributed by atoms with Crippen LogP contribution >= 0.6 is 0 Å². The first-order valence-corrected chi connectivity index (χ1v) is 6.68. The summed E-state index contributed by atoms with van der Waals surface area (Å²) in [7, 11) is 0. The van der Waals surface area contributed by atoms with Crippen molar-refractivity contribution in [3.8, 4) is 22.3 Å². The fraction of sp³-hybridized carbons (Fsp3) is 0.111. The van der Waals surface area contributed by atoms with E-state index in [0.29, 0.717) is 0 Å². The molecular weight excluding hydrogens is 232 g/mol. The van der Waals surface area contributed by atoms with Crippen molar-refractivity contribution < 1.29 is 4.74 Å². The maximum absolute atomic E-state index is 5.55. The highest BCUT2D eigenvalue weighted by molar-refractivity contribution is 6.15. The summed E-state index contributed by atoms with van der Waals surface area (Å²) in [4.78, 5) is 0. The van der Waals surface area contributed by atoms with E-state index < -0.39 is 0 Å². The Morgan fingerprint density at radius 2 is 1.26 bits per heavy atom. The summed E-state index contributed by atoms with van der Waals surface area (Å²) < 4.78 is 5.55. The average Bonchev–Trinajstić information content (AvgIpc) is 3.02. The number of hydrogen-bond acceptors (Lipinski definition) is 1. The third-order valence-electron chi connectivity index (χ3n) is 4.34. The first-order valence-electron chi connectivity index (χ1n) is 6.68. The predicted octanol–water partition coefficient (Wildman–Crippen LogP) is 4.52. The molecule has 5 rings (SSSR count). The van der Waals surface area contributed by atoms with Gasteiger partial charge in [0.25, 0.3) is 0 Å². The van der Waals surface area contributed by atoms with E-state index in [9.17, 15) is 0 Å². The highest BCUT2D eigenvalue weighted by Gasteiger charge is 2.24. The monoisotopic (exact) mass is 244 g/mol. The zero-order valence-corrected chi connectivity index (χ0v) is 10.4. The van der Waals surface area contributed by atoms with Gasteiger partial charge in [-0.05, 0) is 56.3 Å². The molecule has 0 radical (unpaired) electrons. The van der Waals surface area contributed by atoms with Crippen molar-refractivity contribution in [3.05, 3.63) is 59.7 Å². The van der Waals surface area contributed by atoms with E-state index in [1.54, 1.807) is 0 Å². The van der Waals surface area contributed by atoms with Crippen molar-refractivity contribution >= 4 is 10.8 Å². The highest BCUT2D eigenvalue weighted by atomic mass is 16.5. The molecule has 1 nitrogen and oxygen atoms in total. The summed E-state index contributed by atoms with van der Waals surface area (Å²) in [6.07, 6.45) is 0. The van der Waals surface area contributed by atoms with E-state index in [-0.39, 0.29) is 0 Å². The molecule has 1 aliphatic carbocycles. The van der Waals surface area contributed by atoms with E-state index in [1.807, 2.05) is 0 Å². The van der Waals surface area contributed by atoms with Crippen LogP contribution in [-0.2, 0) is 18.0 Å². The molecule has 1 heterocycles. The Morgan fingerprint density at radius 3 is 1.84 bits per heavy atom. The molecule has 3 aromatic carbocycles. The molecule has 0 unspecified atom stereocenters. The largest absolute Gasteiger partial charge is 0.372 e. The van der Waals surface area contributed by atoms with Crippen LogP contribution < -0.4 is 0 Å². The third kappa shape index (κ3) is 1.14. The summed E-state index contributed by atoms with van der Waals surface area (Å²) >= 11 is 0. The van der Waals surface area contributed by atoms with E-state index in [4.69, 9.17) is 4.74 Å². The van der Waals surface area contributed by atoms with E-state index in [2.05, 4.69) is 48.5 Å². The van der Waals surface area contributed by atoms with Crippen LogP contribution in [0.15, 0.2) is 48.5 Å². The van der Waals surface area contributed by atoms with Crippen LogP contribution in [0.5, 0.6) is 0 Å². The van der Waals surface area contributed by atoms with Gasteiger partial charge in [-0.1, -0.05) is 36.4 Å². The molecule has 0 saturated heterocycles. The minimum absolute atomic E-state index is 0.759. The Balaban J connectivity index is 1.97. The molecule has 0 aromatic heterocycles. The fourth-order valence-corrected chi connectivity index (χ4v) is 3.46. The van der Waals surface area contributed by atoms with Crippen LogP contribution in [0, 0.1) is 0 Å². The smallest absolute Gasteiger partial charge is 0.0725 e. The second kappa shape index (κ2) is 3.25. The molecule has 90 valence electrons. The topological polar surface area (TPSA) is 9.23 Å². The van der Waals surface area contributed by atoms with E-state index in [0.717, 1.165) is 13.2 Å². The molecule has 1 aliphatic heterocycles. The van der Waals surface area contributed by atoms with E-state index >= 15 is 0 Å². The zero-order chi connectivity index (χ0) is 12.4. The maximum Gasteiger partial charge on any atom is 0.0725 e. The third-order valence-corrected chi connectivity index (χ3v) is 4.34. The SMILES string of the molecule is c1cc2c3c(cccc3c1)-c1cc3c(cc1-2)COC3. The second-order valence-corrected chi connectivity index (χ2v) is 5.37. The molecular formula is C18H12O. The number of fused-ring (bicyclic) bond motifs is 4. The van der Waals surface area contributed by atoms with Crippen LogP contribution in [0.3, 0.4) is 0 Å². The van der Waals surface area contributed by atoms with Crippen LogP contribution in [0.4, 0.5) is 0 Å². The molecule has 2 aliphatic rings. The van der Waals surface area contributed by atoms with Gasteiger partial charge >= 0.3 is 0 Å². The number of ether oxygens (including phenoxy) is 1. The summed E-state index contributed by atoms with van der Waals surface area (Å²) in [5.74, 6) is 0. The van der Waals surface area contributed by atoms with Crippen molar-refractivity contribution in [1.29, 1.82) is 0 Å². The van der Waals surface area contributed by atoms with Crippen LogP contribution in [-0.4, -0.2) is 0 Å². The van der Waals surface area contributed by atoms with Crippen LogP contribution in [0.25, 0.3) is 33.0 Å². The Labute approximate surface area is 111 Å². The molecule has 0 bridgehead atoms. The lowest BCUT2D eigenvalue weighted by Crippen LogP contribution is -1.85. The minimum Gasteiger partial charge on any atom is -0.372 e. The molecule has 0 fully saturated rings. The van der Waals surface area contributed by atoms with Gasteiger partial charge < -0.3 is 4.74 Å². The van der Waals surface area contributed by atoms with Crippen LogP contribution in [0.2, 0.25) is 0 Å². The lowest BCUT2D eigenvalue weighted by atomic mass is 9.98. The van der Waals surface area contributed by atoms with Crippen LogP contribution in [0.1, 0.15) is 11.1 Å². The second-order valence-electron chi connectivity index (χ2n) is 5.37. The molecule has 1 heteroatoms. The fourth-order valence-electron chi connectivity index (χ4n) is 3.46. The first kappa shape index (κ1) is 9.76. The van der Waals surface area contributed by atoms with Gasteiger partial charge in [-0.3, -0.25) is 0 Å². The first-order chi connectivity index (χ1) is 9.42. The normalized spacial score (nSPS) is 14.7. The Bertz CT molecular complexity index is 780. The number of hydrogen-bond donors (Lipinski definition) is 0. The molecule has 0 N–H and O–H groups in total. The van der Waals surface area contributed by atoms with Crippen molar-refractivity contribution in [1.82, 2.24) is 0 Å². The zero-order valence-electron chi connectivity index (χ0n) is 10.4. The molecule has 3 aromatic rings. The molecule has 0 saturated carbocycles. The molecule has 0 atom stereocenters. The Hall–Kier alpha value is -2.12. The van der Waals surface area contributed by atoms with Crippen molar-refractivity contribution in [2.45, 2.75) is 13.2 Å². The average molecular weight is 244 g/mol. The highest BCUT2D eigenvalue weighted by Crippen LogP contribution is 2.48. The Kier molecular flexibility index (Phi) is 1.67. The van der Waals surface area contributed by atoms with Crippen molar-refractivity contribution in [2.24, 2.45) is 0 Å². The molecule has 0 amide bonds. The predicted molar refractivity (Wildman–Crippen MR) is 76.9 cm³/mol.